The maximum atomic E-state index is 2.38. The zero-order valence-electron chi connectivity index (χ0n) is 13.9. The first-order valence-corrected chi connectivity index (χ1v) is 9.08. The molecule has 0 nitrogen and oxygen atoms in total. The average Bonchev–Trinajstić information content (AvgIpc) is 3.16. The summed E-state index contributed by atoms with van der Waals surface area (Å²) in [5.41, 5.74) is 10.1. The van der Waals surface area contributed by atoms with E-state index < -0.39 is 0 Å². The highest BCUT2D eigenvalue weighted by atomic mass is 14.6. The average molecular weight is 318 g/mol. The van der Waals surface area contributed by atoms with E-state index in [0.29, 0.717) is 5.92 Å². The molecule has 3 aliphatic carbocycles. The molecule has 0 bridgehead atoms. The molecule has 0 saturated heterocycles. The van der Waals surface area contributed by atoms with Crippen LogP contribution in [0.4, 0.5) is 0 Å². The molecule has 0 fully saturated rings. The summed E-state index contributed by atoms with van der Waals surface area (Å²) in [5.74, 6) is 0.500. The number of hydrogen-bond acceptors (Lipinski definition) is 0. The summed E-state index contributed by atoms with van der Waals surface area (Å²) in [7, 11) is 0. The molecular weight excluding hydrogens is 300 g/mol. The second-order valence-corrected chi connectivity index (χ2v) is 7.27. The third-order valence-corrected chi connectivity index (χ3v) is 6.28. The first kappa shape index (κ1) is 13.4. The molecular formula is C25H18. The lowest BCUT2D eigenvalue weighted by Gasteiger charge is -2.32. The van der Waals surface area contributed by atoms with Crippen LogP contribution in [0, 0.1) is 0 Å². The fraction of sp³-hybridized carbons (Fsp3) is 0.120. The van der Waals surface area contributed by atoms with Crippen molar-refractivity contribution in [3.8, 4) is 11.1 Å². The number of hydrogen-bond donors (Lipinski definition) is 0. The SMILES string of the molecule is C1=CCC2C(=C1)C1(c3ccccc3-c3ccccc31)c1ccccc12. The summed E-state index contributed by atoms with van der Waals surface area (Å²) in [6.45, 7) is 0. The topological polar surface area (TPSA) is 0 Å². The van der Waals surface area contributed by atoms with Crippen molar-refractivity contribution in [1.29, 1.82) is 0 Å². The molecule has 0 heterocycles. The predicted molar refractivity (Wildman–Crippen MR) is 103 cm³/mol. The Hall–Kier alpha value is -2.86. The zero-order chi connectivity index (χ0) is 16.4. The normalized spacial score (nSPS) is 20.6. The molecule has 3 aliphatic rings. The Morgan fingerprint density at radius 2 is 1.28 bits per heavy atom. The van der Waals surface area contributed by atoms with Crippen LogP contribution in [0.15, 0.2) is 96.6 Å². The molecule has 1 unspecified atom stereocenters. The molecule has 0 aromatic heterocycles. The van der Waals surface area contributed by atoms with Crippen LogP contribution < -0.4 is 0 Å². The van der Waals surface area contributed by atoms with Gasteiger partial charge in [-0.2, -0.15) is 0 Å². The Morgan fingerprint density at radius 1 is 0.680 bits per heavy atom. The van der Waals surface area contributed by atoms with Gasteiger partial charge in [0.15, 0.2) is 0 Å². The van der Waals surface area contributed by atoms with Crippen molar-refractivity contribution in [3.63, 3.8) is 0 Å². The van der Waals surface area contributed by atoms with Crippen molar-refractivity contribution in [2.75, 3.05) is 0 Å². The predicted octanol–water partition coefficient (Wildman–Crippen LogP) is 5.98. The molecule has 118 valence electrons. The Bertz CT molecular complexity index is 1030. The van der Waals surface area contributed by atoms with Crippen molar-refractivity contribution < 1.29 is 0 Å². The Balaban J connectivity index is 1.84. The van der Waals surface area contributed by atoms with E-state index in [2.05, 4.69) is 91.0 Å². The molecule has 0 heteroatoms. The fourth-order valence-electron chi connectivity index (χ4n) is 5.44. The summed E-state index contributed by atoms with van der Waals surface area (Å²) in [4.78, 5) is 0. The van der Waals surface area contributed by atoms with Gasteiger partial charge in [0.2, 0.25) is 0 Å². The first-order chi connectivity index (χ1) is 12.4. The fourth-order valence-corrected chi connectivity index (χ4v) is 5.44. The Labute approximate surface area is 148 Å². The van der Waals surface area contributed by atoms with E-state index in [4.69, 9.17) is 0 Å². The highest BCUT2D eigenvalue weighted by Gasteiger charge is 2.54. The lowest BCUT2D eigenvalue weighted by Crippen LogP contribution is -2.27. The van der Waals surface area contributed by atoms with Gasteiger partial charge in [-0.3, -0.25) is 0 Å². The minimum Gasteiger partial charge on any atom is -0.0836 e. The lowest BCUT2D eigenvalue weighted by molar-refractivity contribution is 0.708. The van der Waals surface area contributed by atoms with E-state index in [1.165, 1.54) is 33.4 Å². The van der Waals surface area contributed by atoms with Crippen molar-refractivity contribution in [2.24, 2.45) is 0 Å². The number of rotatable bonds is 0. The largest absolute Gasteiger partial charge is 0.0836 e. The van der Waals surface area contributed by atoms with Gasteiger partial charge in [0, 0.05) is 5.92 Å². The van der Waals surface area contributed by atoms with Crippen LogP contribution in [0.3, 0.4) is 0 Å². The van der Waals surface area contributed by atoms with E-state index in [0.717, 1.165) is 6.42 Å². The van der Waals surface area contributed by atoms with Gasteiger partial charge in [0.1, 0.15) is 0 Å². The third kappa shape index (κ3) is 1.45. The number of allylic oxidation sites excluding steroid dienone is 4. The van der Waals surface area contributed by atoms with Crippen LogP contribution in [0.25, 0.3) is 11.1 Å². The summed E-state index contributed by atoms with van der Waals surface area (Å²) in [6, 6.07) is 27.1. The smallest absolute Gasteiger partial charge is 0.0685 e. The first-order valence-electron chi connectivity index (χ1n) is 9.08. The van der Waals surface area contributed by atoms with Gasteiger partial charge in [0.25, 0.3) is 0 Å². The van der Waals surface area contributed by atoms with Crippen molar-refractivity contribution >= 4 is 0 Å². The van der Waals surface area contributed by atoms with Crippen LogP contribution in [-0.4, -0.2) is 0 Å². The third-order valence-electron chi connectivity index (χ3n) is 6.28. The summed E-state index contributed by atoms with van der Waals surface area (Å²) >= 11 is 0. The molecule has 25 heavy (non-hydrogen) atoms. The standard InChI is InChI=1S/C25H18/c1-5-13-21-17(9-1)18-10-2-6-14-22(18)25(21)23-15-7-3-11-19(23)20-12-4-8-16-24(20)25/h1-11,13-16,20H,12H2. The van der Waals surface area contributed by atoms with Gasteiger partial charge in [-0.1, -0.05) is 91.0 Å². The van der Waals surface area contributed by atoms with E-state index >= 15 is 0 Å². The Morgan fingerprint density at radius 3 is 2.00 bits per heavy atom. The maximum absolute atomic E-state index is 2.38. The molecule has 0 N–H and O–H groups in total. The Kier molecular flexibility index (Phi) is 2.48. The van der Waals surface area contributed by atoms with Gasteiger partial charge >= 0.3 is 0 Å². The van der Waals surface area contributed by atoms with E-state index in [9.17, 15) is 0 Å². The van der Waals surface area contributed by atoms with Crippen LogP contribution in [-0.2, 0) is 5.41 Å². The molecule has 0 radical (unpaired) electrons. The molecule has 0 aliphatic heterocycles. The monoisotopic (exact) mass is 318 g/mol. The summed E-state index contributed by atoms with van der Waals surface area (Å²) in [5, 5.41) is 0. The van der Waals surface area contributed by atoms with Crippen molar-refractivity contribution in [3.05, 3.63) is 119 Å². The molecule has 1 atom stereocenters. The van der Waals surface area contributed by atoms with Gasteiger partial charge < -0.3 is 0 Å². The van der Waals surface area contributed by atoms with Gasteiger partial charge in [-0.05, 0) is 45.4 Å². The van der Waals surface area contributed by atoms with Crippen LogP contribution in [0.5, 0.6) is 0 Å². The van der Waals surface area contributed by atoms with Crippen LogP contribution in [0.1, 0.15) is 34.6 Å². The summed E-state index contributed by atoms with van der Waals surface area (Å²) in [6.07, 6.45) is 8.06. The van der Waals surface area contributed by atoms with Crippen molar-refractivity contribution in [2.45, 2.75) is 17.8 Å². The van der Waals surface area contributed by atoms with Crippen molar-refractivity contribution in [1.82, 2.24) is 0 Å². The van der Waals surface area contributed by atoms with E-state index in [1.807, 2.05) is 0 Å². The van der Waals surface area contributed by atoms with Gasteiger partial charge in [-0.25, -0.2) is 0 Å². The second kappa shape index (κ2) is 4.61. The molecule has 3 aromatic rings. The molecule has 0 saturated carbocycles. The highest BCUT2D eigenvalue weighted by Crippen LogP contribution is 2.64. The number of benzene rings is 3. The van der Waals surface area contributed by atoms with Crippen LogP contribution >= 0.6 is 0 Å². The maximum Gasteiger partial charge on any atom is 0.0685 e. The number of fused-ring (bicyclic) bond motifs is 10. The van der Waals surface area contributed by atoms with Crippen LogP contribution in [0.2, 0.25) is 0 Å². The summed E-state index contributed by atoms with van der Waals surface area (Å²) < 4.78 is 0. The van der Waals surface area contributed by atoms with Gasteiger partial charge in [0.05, 0.1) is 5.41 Å². The minimum atomic E-state index is -0.112. The van der Waals surface area contributed by atoms with Gasteiger partial charge in [-0.15, -0.1) is 0 Å². The molecule has 6 rings (SSSR count). The molecule has 0 amide bonds. The molecule has 3 aromatic carbocycles. The van der Waals surface area contributed by atoms with E-state index in [1.54, 1.807) is 5.57 Å². The van der Waals surface area contributed by atoms with E-state index in [-0.39, 0.29) is 5.41 Å². The minimum absolute atomic E-state index is 0.112. The molecule has 1 spiro atoms. The lowest BCUT2D eigenvalue weighted by atomic mass is 9.69. The second-order valence-electron chi connectivity index (χ2n) is 7.27. The quantitative estimate of drug-likeness (QED) is 0.478. The zero-order valence-corrected chi connectivity index (χ0v) is 13.9. The highest BCUT2D eigenvalue weighted by molar-refractivity contribution is 5.88.